The van der Waals surface area contributed by atoms with Crippen molar-refractivity contribution in [3.05, 3.63) is 36.0 Å². The molecule has 0 fully saturated rings. The Morgan fingerprint density at radius 2 is 2.18 bits per heavy atom. The van der Waals surface area contributed by atoms with Crippen molar-refractivity contribution in [3.8, 4) is 0 Å². The molecule has 1 heterocycles. The lowest BCUT2D eigenvalue weighted by atomic mass is 10.1. The first-order valence-electron chi connectivity index (χ1n) is 5.52. The molecule has 0 atom stereocenters. The Hall–Kier alpha value is -1.97. The average Bonchev–Trinajstić information content (AvgIpc) is 2.35. The first kappa shape index (κ1) is 11.5. The van der Waals surface area contributed by atoms with Gasteiger partial charge in [-0.25, -0.2) is 0 Å². The van der Waals surface area contributed by atoms with E-state index in [2.05, 4.69) is 9.84 Å². The Labute approximate surface area is 99.8 Å². The molecule has 0 spiro atoms. The van der Waals surface area contributed by atoms with Gasteiger partial charge >= 0.3 is 5.97 Å². The van der Waals surface area contributed by atoms with Gasteiger partial charge in [-0.05, 0) is 17.6 Å². The van der Waals surface area contributed by atoms with Gasteiger partial charge in [0.2, 0.25) is 0 Å². The van der Waals surface area contributed by atoms with E-state index in [1.807, 2.05) is 37.5 Å². The van der Waals surface area contributed by atoms with Crippen LogP contribution in [0, 0.1) is 0 Å². The topological polar surface area (TPSA) is 43.1 Å². The largest absolute Gasteiger partial charge is 0.469 e. The van der Waals surface area contributed by atoms with Gasteiger partial charge in [-0.3, -0.25) is 4.79 Å². The number of carbonyl (C=O) groups is 1. The van der Waals surface area contributed by atoms with Crippen LogP contribution in [0.25, 0.3) is 10.9 Å². The highest BCUT2D eigenvalue weighted by Crippen LogP contribution is 2.15. The summed E-state index contributed by atoms with van der Waals surface area (Å²) in [4.78, 5) is 11.2. The van der Waals surface area contributed by atoms with Crippen LogP contribution < -0.4 is 4.68 Å². The van der Waals surface area contributed by atoms with Crippen molar-refractivity contribution in [2.24, 2.45) is 7.05 Å². The van der Waals surface area contributed by atoms with E-state index in [1.54, 1.807) is 4.68 Å². The molecule has 2 aromatic rings. The highest BCUT2D eigenvalue weighted by Gasteiger charge is 2.10. The van der Waals surface area contributed by atoms with Gasteiger partial charge in [0.05, 0.1) is 7.11 Å². The molecule has 0 radical (unpaired) electrons. The van der Waals surface area contributed by atoms with Gasteiger partial charge in [-0.1, -0.05) is 22.9 Å². The van der Waals surface area contributed by atoms with Crippen LogP contribution in [0.2, 0.25) is 0 Å². The first-order valence-corrected chi connectivity index (χ1v) is 5.52. The van der Waals surface area contributed by atoms with Crippen LogP contribution >= 0.6 is 0 Å². The van der Waals surface area contributed by atoms with Crippen molar-refractivity contribution in [1.29, 1.82) is 0 Å². The number of ether oxygens (including phenoxy) is 1. The van der Waals surface area contributed by atoms with Crippen LogP contribution in [0.15, 0.2) is 30.5 Å². The molecule has 0 unspecified atom stereocenters. The van der Waals surface area contributed by atoms with E-state index in [0.717, 1.165) is 16.5 Å². The summed E-state index contributed by atoms with van der Waals surface area (Å²) in [7, 11) is 3.29. The van der Waals surface area contributed by atoms with Gasteiger partial charge in [-0.2, -0.15) is 0 Å². The second-order valence-electron chi connectivity index (χ2n) is 3.92. The number of methoxy groups -OCH3 is 1. The lowest BCUT2D eigenvalue weighted by Crippen LogP contribution is -2.33. The highest BCUT2D eigenvalue weighted by atomic mass is 16.5. The molecule has 0 bridgehead atoms. The maximum absolute atomic E-state index is 11.2. The van der Waals surface area contributed by atoms with Crippen LogP contribution in [-0.2, 0) is 23.0 Å². The number of hydrogen-bond donors (Lipinski definition) is 0. The van der Waals surface area contributed by atoms with Crippen LogP contribution in [-0.4, -0.2) is 18.2 Å². The van der Waals surface area contributed by atoms with E-state index in [-0.39, 0.29) is 5.97 Å². The minimum atomic E-state index is -0.187. The van der Waals surface area contributed by atoms with Gasteiger partial charge in [0, 0.05) is 17.4 Å². The second-order valence-corrected chi connectivity index (χ2v) is 3.92. The lowest BCUT2D eigenvalue weighted by molar-refractivity contribution is -0.728. The van der Waals surface area contributed by atoms with E-state index < -0.39 is 0 Å². The fraction of sp³-hybridized carbons (Fsp3) is 0.308. The molecular weight excluding hydrogens is 216 g/mol. The number of fused-ring (bicyclic) bond motifs is 1. The quantitative estimate of drug-likeness (QED) is 0.588. The highest BCUT2D eigenvalue weighted by molar-refractivity contribution is 5.81. The van der Waals surface area contributed by atoms with E-state index in [9.17, 15) is 4.79 Å². The molecule has 4 heteroatoms. The number of rotatable bonds is 3. The van der Waals surface area contributed by atoms with Gasteiger partial charge in [-0.15, -0.1) is 0 Å². The third kappa shape index (κ3) is 2.58. The summed E-state index contributed by atoms with van der Waals surface area (Å²) in [6, 6.07) is 7.93. The summed E-state index contributed by atoms with van der Waals surface area (Å²) in [6.07, 6.45) is 3.01. The average molecular weight is 231 g/mol. The van der Waals surface area contributed by atoms with Crippen LogP contribution in [0.3, 0.4) is 0 Å². The zero-order valence-electron chi connectivity index (χ0n) is 10.0. The van der Waals surface area contributed by atoms with Crippen molar-refractivity contribution in [1.82, 2.24) is 5.10 Å². The Kier molecular flexibility index (Phi) is 3.32. The minimum Gasteiger partial charge on any atom is -0.469 e. The van der Waals surface area contributed by atoms with Crippen molar-refractivity contribution in [2.75, 3.05) is 7.11 Å². The van der Waals surface area contributed by atoms with Gasteiger partial charge < -0.3 is 4.74 Å². The molecule has 17 heavy (non-hydrogen) atoms. The molecule has 0 aliphatic rings. The van der Waals surface area contributed by atoms with Crippen molar-refractivity contribution < 1.29 is 14.2 Å². The minimum absolute atomic E-state index is 0.187. The molecule has 0 aliphatic carbocycles. The number of esters is 1. The molecular formula is C13H15N2O2+. The smallest absolute Gasteiger partial charge is 0.305 e. The number of nitrogens with zero attached hydrogens (tertiary/aromatic N) is 2. The molecule has 4 nitrogen and oxygen atoms in total. The van der Waals surface area contributed by atoms with E-state index in [0.29, 0.717) is 12.8 Å². The summed E-state index contributed by atoms with van der Waals surface area (Å²) < 4.78 is 6.43. The van der Waals surface area contributed by atoms with Gasteiger partial charge in [0.25, 0.3) is 0 Å². The maximum Gasteiger partial charge on any atom is 0.305 e. The molecule has 2 rings (SSSR count). The Morgan fingerprint density at radius 1 is 1.41 bits per heavy atom. The number of aryl methyl sites for hydroxylation is 2. The van der Waals surface area contributed by atoms with Gasteiger partial charge in [0.1, 0.15) is 5.52 Å². The first-order chi connectivity index (χ1) is 8.20. The maximum atomic E-state index is 11.2. The van der Waals surface area contributed by atoms with E-state index >= 15 is 0 Å². The molecule has 88 valence electrons. The van der Waals surface area contributed by atoms with Crippen LogP contribution in [0.5, 0.6) is 0 Å². The Balaban J connectivity index is 2.35. The SMILES string of the molecule is COC(=O)CCc1c[n+](C)nc2ccccc12. The molecule has 0 N–H and O–H groups in total. The lowest BCUT2D eigenvalue weighted by Gasteiger charge is -2.02. The Morgan fingerprint density at radius 3 is 2.94 bits per heavy atom. The second kappa shape index (κ2) is 4.91. The van der Waals surface area contributed by atoms with Crippen molar-refractivity contribution >= 4 is 16.9 Å². The van der Waals surface area contributed by atoms with Crippen molar-refractivity contribution in [2.45, 2.75) is 12.8 Å². The van der Waals surface area contributed by atoms with E-state index in [1.165, 1.54) is 7.11 Å². The fourth-order valence-electron chi connectivity index (χ4n) is 1.86. The standard InChI is InChI=1S/C13H15N2O2/c1-15-9-10(7-8-13(16)17-2)11-5-3-4-6-12(11)14-15/h3-6,9H,7-8H2,1-2H3/q+1. The van der Waals surface area contributed by atoms with Crippen molar-refractivity contribution in [3.63, 3.8) is 0 Å². The molecule has 0 saturated heterocycles. The van der Waals surface area contributed by atoms with Crippen LogP contribution in [0.4, 0.5) is 0 Å². The zero-order valence-corrected chi connectivity index (χ0v) is 10.0. The third-order valence-corrected chi connectivity index (χ3v) is 2.68. The number of benzene rings is 1. The molecule has 1 aromatic carbocycles. The summed E-state index contributed by atoms with van der Waals surface area (Å²) in [5.41, 5.74) is 2.06. The summed E-state index contributed by atoms with van der Waals surface area (Å²) in [5.74, 6) is -0.187. The fourth-order valence-corrected chi connectivity index (χ4v) is 1.86. The predicted molar refractivity (Wildman–Crippen MR) is 63.3 cm³/mol. The van der Waals surface area contributed by atoms with E-state index in [4.69, 9.17) is 0 Å². The predicted octanol–water partition coefficient (Wildman–Crippen LogP) is 1.16. The number of aromatic nitrogens is 2. The number of hydrogen-bond acceptors (Lipinski definition) is 3. The van der Waals surface area contributed by atoms with Crippen LogP contribution in [0.1, 0.15) is 12.0 Å². The zero-order chi connectivity index (χ0) is 12.3. The summed E-state index contributed by atoms with van der Waals surface area (Å²) in [5, 5.41) is 5.48. The third-order valence-electron chi connectivity index (χ3n) is 2.68. The molecule has 0 saturated carbocycles. The van der Waals surface area contributed by atoms with Gasteiger partial charge in [0.15, 0.2) is 13.2 Å². The number of carbonyl (C=O) groups excluding carboxylic acids is 1. The summed E-state index contributed by atoms with van der Waals surface area (Å²) in [6.45, 7) is 0. The Bertz CT molecular complexity index is 552. The molecule has 0 amide bonds. The monoisotopic (exact) mass is 231 g/mol. The normalized spacial score (nSPS) is 10.5. The summed E-state index contributed by atoms with van der Waals surface area (Å²) >= 11 is 0. The molecule has 1 aromatic heterocycles. The molecule has 0 aliphatic heterocycles.